The van der Waals surface area contributed by atoms with E-state index in [1.54, 1.807) is 12.1 Å². The molecule has 0 bridgehead atoms. The van der Waals surface area contributed by atoms with Crippen molar-refractivity contribution in [2.24, 2.45) is 0 Å². The van der Waals surface area contributed by atoms with Crippen LogP contribution in [-0.4, -0.2) is 24.1 Å². The summed E-state index contributed by atoms with van der Waals surface area (Å²) < 4.78 is 0. The molecule has 0 saturated carbocycles. The van der Waals surface area contributed by atoms with Crippen LogP contribution in [0.4, 0.5) is 5.69 Å². The standard InChI is InChI=1S/C14H14N2O3/c1-9(17)15-7-3-2-4-10-5-6-12-11(8-10)13(18)14(19)16-12/h2,4-6,8H,3,7H2,1H3,(H,15,17)(H,16,18,19). The summed E-state index contributed by atoms with van der Waals surface area (Å²) in [5.41, 5.74) is 1.82. The summed E-state index contributed by atoms with van der Waals surface area (Å²) in [5.74, 6) is -1.13. The number of carbonyl (C=O) groups is 3. The highest BCUT2D eigenvalue weighted by Gasteiger charge is 2.27. The lowest BCUT2D eigenvalue weighted by Gasteiger charge is -1.99. The fourth-order valence-corrected chi connectivity index (χ4v) is 1.81. The van der Waals surface area contributed by atoms with Crippen molar-refractivity contribution < 1.29 is 14.4 Å². The third-order valence-electron chi connectivity index (χ3n) is 2.74. The minimum atomic E-state index is -0.582. The van der Waals surface area contributed by atoms with Crippen LogP contribution in [0.5, 0.6) is 0 Å². The first-order chi connectivity index (χ1) is 9.08. The third kappa shape index (κ3) is 3.07. The highest BCUT2D eigenvalue weighted by Crippen LogP contribution is 2.24. The van der Waals surface area contributed by atoms with E-state index in [9.17, 15) is 14.4 Å². The Morgan fingerprint density at radius 1 is 1.37 bits per heavy atom. The zero-order chi connectivity index (χ0) is 13.8. The van der Waals surface area contributed by atoms with E-state index in [-0.39, 0.29) is 5.91 Å². The molecule has 1 aromatic carbocycles. The molecule has 1 heterocycles. The SMILES string of the molecule is CC(=O)NCCC=Cc1ccc2c(c1)C(=O)C(=O)N2. The van der Waals surface area contributed by atoms with Crippen LogP contribution in [0.25, 0.3) is 6.08 Å². The van der Waals surface area contributed by atoms with Gasteiger partial charge in [-0.25, -0.2) is 0 Å². The van der Waals surface area contributed by atoms with Gasteiger partial charge < -0.3 is 10.6 Å². The van der Waals surface area contributed by atoms with Gasteiger partial charge in [-0.05, 0) is 24.1 Å². The Morgan fingerprint density at radius 2 is 2.16 bits per heavy atom. The monoisotopic (exact) mass is 258 g/mol. The number of amides is 2. The van der Waals surface area contributed by atoms with Crippen LogP contribution in [-0.2, 0) is 9.59 Å². The van der Waals surface area contributed by atoms with Gasteiger partial charge in [0.1, 0.15) is 0 Å². The van der Waals surface area contributed by atoms with Crippen molar-refractivity contribution in [1.29, 1.82) is 0 Å². The van der Waals surface area contributed by atoms with Crippen molar-refractivity contribution >= 4 is 29.4 Å². The number of ketones is 1. The van der Waals surface area contributed by atoms with Gasteiger partial charge in [-0.3, -0.25) is 14.4 Å². The van der Waals surface area contributed by atoms with Gasteiger partial charge in [0, 0.05) is 13.5 Å². The van der Waals surface area contributed by atoms with E-state index in [2.05, 4.69) is 10.6 Å². The molecule has 0 fully saturated rings. The van der Waals surface area contributed by atoms with Crippen molar-refractivity contribution in [3.63, 3.8) is 0 Å². The van der Waals surface area contributed by atoms with Gasteiger partial charge in [0.25, 0.3) is 11.7 Å². The first-order valence-electron chi connectivity index (χ1n) is 5.98. The van der Waals surface area contributed by atoms with Gasteiger partial charge in [-0.2, -0.15) is 0 Å². The van der Waals surface area contributed by atoms with Gasteiger partial charge >= 0.3 is 0 Å². The summed E-state index contributed by atoms with van der Waals surface area (Å²) >= 11 is 0. The van der Waals surface area contributed by atoms with Crippen molar-refractivity contribution in [3.8, 4) is 0 Å². The number of rotatable bonds is 4. The minimum absolute atomic E-state index is 0.0545. The van der Waals surface area contributed by atoms with Gasteiger partial charge in [0.2, 0.25) is 5.91 Å². The predicted molar refractivity (Wildman–Crippen MR) is 71.7 cm³/mol. The maximum absolute atomic E-state index is 11.5. The molecule has 2 amide bonds. The molecule has 1 aliphatic heterocycles. The van der Waals surface area contributed by atoms with Crippen LogP contribution >= 0.6 is 0 Å². The number of benzene rings is 1. The molecule has 19 heavy (non-hydrogen) atoms. The number of fused-ring (bicyclic) bond motifs is 1. The molecule has 0 saturated heterocycles. The normalized spacial score (nSPS) is 13.5. The largest absolute Gasteiger partial charge is 0.356 e. The summed E-state index contributed by atoms with van der Waals surface area (Å²) in [6.07, 6.45) is 4.48. The van der Waals surface area contributed by atoms with E-state index < -0.39 is 11.7 Å². The lowest BCUT2D eigenvalue weighted by Crippen LogP contribution is -2.20. The number of hydrogen-bond donors (Lipinski definition) is 2. The lowest BCUT2D eigenvalue weighted by atomic mass is 10.1. The molecule has 5 heteroatoms. The molecule has 1 aromatic rings. The van der Waals surface area contributed by atoms with Crippen LogP contribution in [0.1, 0.15) is 29.3 Å². The maximum atomic E-state index is 11.5. The molecule has 0 unspecified atom stereocenters. The molecule has 98 valence electrons. The Hall–Kier alpha value is -2.43. The molecule has 2 N–H and O–H groups in total. The van der Waals surface area contributed by atoms with Gasteiger partial charge in [0.15, 0.2) is 0 Å². The average molecular weight is 258 g/mol. The molecule has 5 nitrogen and oxygen atoms in total. The minimum Gasteiger partial charge on any atom is -0.356 e. The second-order valence-electron chi connectivity index (χ2n) is 4.26. The van der Waals surface area contributed by atoms with E-state index in [0.717, 1.165) is 5.56 Å². The van der Waals surface area contributed by atoms with Crippen LogP contribution in [0.15, 0.2) is 24.3 Å². The number of Topliss-reactive ketones (excluding diaryl/α,β-unsaturated/α-hetero) is 1. The van der Waals surface area contributed by atoms with Crippen molar-refractivity contribution in [3.05, 3.63) is 35.4 Å². The van der Waals surface area contributed by atoms with Crippen molar-refractivity contribution in [2.45, 2.75) is 13.3 Å². The smallest absolute Gasteiger partial charge is 0.296 e. The maximum Gasteiger partial charge on any atom is 0.296 e. The highest BCUT2D eigenvalue weighted by molar-refractivity contribution is 6.51. The topological polar surface area (TPSA) is 75.3 Å². The fraction of sp³-hybridized carbons (Fsp3) is 0.214. The second kappa shape index (κ2) is 5.48. The zero-order valence-corrected chi connectivity index (χ0v) is 10.5. The van der Waals surface area contributed by atoms with Crippen molar-refractivity contribution in [1.82, 2.24) is 5.32 Å². The summed E-state index contributed by atoms with van der Waals surface area (Å²) in [6, 6.07) is 5.22. The van der Waals surface area contributed by atoms with Crippen LogP contribution < -0.4 is 10.6 Å². The van der Waals surface area contributed by atoms with Crippen LogP contribution in [0, 0.1) is 0 Å². The number of carbonyl (C=O) groups excluding carboxylic acids is 3. The number of hydrogen-bond acceptors (Lipinski definition) is 3. The third-order valence-corrected chi connectivity index (χ3v) is 2.74. The van der Waals surface area contributed by atoms with Crippen LogP contribution in [0.2, 0.25) is 0 Å². The van der Waals surface area contributed by atoms with E-state index >= 15 is 0 Å². The molecule has 2 rings (SSSR count). The second-order valence-corrected chi connectivity index (χ2v) is 4.26. The van der Waals surface area contributed by atoms with Crippen molar-refractivity contribution in [2.75, 3.05) is 11.9 Å². The summed E-state index contributed by atoms with van der Waals surface area (Å²) in [5, 5.41) is 5.19. The van der Waals surface area contributed by atoms with E-state index in [1.807, 2.05) is 18.2 Å². The molecular weight excluding hydrogens is 244 g/mol. The molecule has 0 aliphatic carbocycles. The highest BCUT2D eigenvalue weighted by atomic mass is 16.2. The summed E-state index contributed by atoms with van der Waals surface area (Å²) in [6.45, 7) is 2.05. The Morgan fingerprint density at radius 3 is 2.89 bits per heavy atom. The summed E-state index contributed by atoms with van der Waals surface area (Å²) in [7, 11) is 0. The predicted octanol–water partition coefficient (Wildman–Crippen LogP) is 1.36. The summed E-state index contributed by atoms with van der Waals surface area (Å²) in [4.78, 5) is 33.4. The molecule has 0 spiro atoms. The molecular formula is C14H14N2O3. The Kier molecular flexibility index (Phi) is 3.75. The van der Waals surface area contributed by atoms with Crippen LogP contribution in [0.3, 0.4) is 0 Å². The first-order valence-corrected chi connectivity index (χ1v) is 5.98. The van der Waals surface area contributed by atoms with Gasteiger partial charge in [-0.15, -0.1) is 0 Å². The number of anilines is 1. The Balaban J connectivity index is 2.00. The molecule has 0 atom stereocenters. The van der Waals surface area contributed by atoms with E-state index in [0.29, 0.717) is 24.2 Å². The fourth-order valence-electron chi connectivity index (χ4n) is 1.81. The van der Waals surface area contributed by atoms with Gasteiger partial charge in [0.05, 0.1) is 11.3 Å². The molecule has 0 radical (unpaired) electrons. The van der Waals surface area contributed by atoms with E-state index in [1.165, 1.54) is 6.92 Å². The lowest BCUT2D eigenvalue weighted by molar-refractivity contribution is -0.119. The van der Waals surface area contributed by atoms with E-state index in [4.69, 9.17) is 0 Å². The molecule has 1 aliphatic rings. The zero-order valence-electron chi connectivity index (χ0n) is 10.5. The average Bonchev–Trinajstić information content (AvgIpc) is 2.65. The number of nitrogens with one attached hydrogen (secondary N) is 2. The molecule has 0 aromatic heterocycles. The quantitative estimate of drug-likeness (QED) is 0.632. The van der Waals surface area contributed by atoms with Gasteiger partial charge in [-0.1, -0.05) is 18.2 Å². The Labute approximate surface area is 110 Å². The Bertz CT molecular complexity index is 576. The first kappa shape index (κ1) is 13.0.